The SMILES string of the molecule is CCNc1ccc(C(=O)N2CCC(C)(O)C2)cc1. The zero-order valence-corrected chi connectivity index (χ0v) is 10.9. The molecule has 1 unspecified atom stereocenters. The minimum Gasteiger partial charge on any atom is -0.388 e. The number of hydrogen-bond acceptors (Lipinski definition) is 3. The van der Waals surface area contributed by atoms with Gasteiger partial charge in [-0.25, -0.2) is 0 Å². The largest absolute Gasteiger partial charge is 0.388 e. The molecule has 1 atom stereocenters. The van der Waals surface area contributed by atoms with Crippen molar-refractivity contribution in [1.29, 1.82) is 0 Å². The normalized spacial score (nSPS) is 23.2. The third-order valence-corrected chi connectivity index (χ3v) is 3.25. The monoisotopic (exact) mass is 248 g/mol. The average molecular weight is 248 g/mol. The minimum atomic E-state index is -0.737. The fourth-order valence-electron chi connectivity index (χ4n) is 2.24. The van der Waals surface area contributed by atoms with Gasteiger partial charge in [-0.15, -0.1) is 0 Å². The Kier molecular flexibility index (Phi) is 3.57. The van der Waals surface area contributed by atoms with E-state index in [0.717, 1.165) is 12.2 Å². The Morgan fingerprint density at radius 2 is 2.11 bits per heavy atom. The fourth-order valence-corrected chi connectivity index (χ4v) is 2.24. The molecule has 0 aromatic heterocycles. The number of nitrogens with zero attached hydrogens (tertiary/aromatic N) is 1. The molecule has 0 saturated carbocycles. The van der Waals surface area contributed by atoms with Gasteiger partial charge in [-0.05, 0) is 44.5 Å². The molecule has 1 heterocycles. The van der Waals surface area contributed by atoms with Crippen LogP contribution in [-0.2, 0) is 0 Å². The van der Waals surface area contributed by atoms with Gasteiger partial charge in [-0.1, -0.05) is 0 Å². The van der Waals surface area contributed by atoms with E-state index in [-0.39, 0.29) is 5.91 Å². The first kappa shape index (κ1) is 12.9. The summed E-state index contributed by atoms with van der Waals surface area (Å²) in [5.74, 6) is -0.00387. The van der Waals surface area contributed by atoms with Crippen molar-refractivity contribution in [3.05, 3.63) is 29.8 Å². The van der Waals surface area contributed by atoms with Crippen molar-refractivity contribution in [2.24, 2.45) is 0 Å². The Hall–Kier alpha value is -1.55. The number of β-amino-alcohol motifs (C(OH)–C–C–N with tert-alkyl or cyclic N) is 1. The summed E-state index contributed by atoms with van der Waals surface area (Å²) in [5, 5.41) is 13.1. The predicted octanol–water partition coefficient (Wildman–Crippen LogP) is 1.72. The van der Waals surface area contributed by atoms with Gasteiger partial charge < -0.3 is 15.3 Å². The van der Waals surface area contributed by atoms with Gasteiger partial charge in [-0.3, -0.25) is 4.79 Å². The number of amides is 1. The molecule has 1 amide bonds. The summed E-state index contributed by atoms with van der Waals surface area (Å²) in [6, 6.07) is 7.47. The molecule has 2 rings (SSSR count). The predicted molar refractivity (Wildman–Crippen MR) is 71.8 cm³/mol. The van der Waals surface area contributed by atoms with Crippen molar-refractivity contribution in [2.45, 2.75) is 25.9 Å². The van der Waals surface area contributed by atoms with E-state index in [4.69, 9.17) is 0 Å². The maximum atomic E-state index is 12.2. The first-order chi connectivity index (χ1) is 8.52. The highest BCUT2D eigenvalue weighted by Crippen LogP contribution is 2.22. The number of anilines is 1. The lowest BCUT2D eigenvalue weighted by Crippen LogP contribution is -2.33. The first-order valence-electron chi connectivity index (χ1n) is 6.37. The van der Waals surface area contributed by atoms with Gasteiger partial charge in [0.25, 0.3) is 5.91 Å². The molecule has 4 nitrogen and oxygen atoms in total. The summed E-state index contributed by atoms with van der Waals surface area (Å²) in [7, 11) is 0. The molecule has 98 valence electrons. The Bertz CT molecular complexity index is 426. The molecular formula is C14H20N2O2. The van der Waals surface area contributed by atoms with Crippen LogP contribution in [0.15, 0.2) is 24.3 Å². The molecule has 1 fully saturated rings. The van der Waals surface area contributed by atoms with Gasteiger partial charge in [0.15, 0.2) is 0 Å². The highest BCUT2D eigenvalue weighted by molar-refractivity contribution is 5.94. The van der Waals surface area contributed by atoms with Crippen LogP contribution in [0.4, 0.5) is 5.69 Å². The number of benzene rings is 1. The van der Waals surface area contributed by atoms with Gasteiger partial charge >= 0.3 is 0 Å². The van der Waals surface area contributed by atoms with Gasteiger partial charge in [0, 0.05) is 30.9 Å². The molecule has 1 saturated heterocycles. The molecule has 1 aliphatic rings. The van der Waals surface area contributed by atoms with Gasteiger partial charge in [0.05, 0.1) is 5.60 Å². The van der Waals surface area contributed by atoms with Crippen LogP contribution in [0.2, 0.25) is 0 Å². The molecule has 0 bridgehead atoms. The number of carbonyl (C=O) groups is 1. The van der Waals surface area contributed by atoms with Crippen molar-refractivity contribution in [2.75, 3.05) is 25.0 Å². The smallest absolute Gasteiger partial charge is 0.253 e. The van der Waals surface area contributed by atoms with Crippen LogP contribution in [0.3, 0.4) is 0 Å². The van der Waals surface area contributed by atoms with Crippen molar-refractivity contribution in [3.63, 3.8) is 0 Å². The van der Waals surface area contributed by atoms with Crippen molar-refractivity contribution < 1.29 is 9.90 Å². The second-order valence-corrected chi connectivity index (χ2v) is 5.08. The second-order valence-electron chi connectivity index (χ2n) is 5.08. The average Bonchev–Trinajstić information content (AvgIpc) is 2.70. The molecule has 2 N–H and O–H groups in total. The molecule has 1 aromatic carbocycles. The summed E-state index contributed by atoms with van der Waals surface area (Å²) < 4.78 is 0. The molecule has 0 aliphatic carbocycles. The lowest BCUT2D eigenvalue weighted by molar-refractivity contribution is 0.0572. The zero-order chi connectivity index (χ0) is 13.2. The summed E-state index contributed by atoms with van der Waals surface area (Å²) in [5.41, 5.74) is 0.955. The Labute approximate surface area is 108 Å². The van der Waals surface area contributed by atoms with E-state index in [0.29, 0.717) is 25.1 Å². The van der Waals surface area contributed by atoms with Gasteiger partial charge in [0.1, 0.15) is 0 Å². The van der Waals surface area contributed by atoms with Crippen LogP contribution in [0.1, 0.15) is 30.6 Å². The number of likely N-dealkylation sites (tertiary alicyclic amines) is 1. The van der Waals surface area contributed by atoms with Gasteiger partial charge in [-0.2, -0.15) is 0 Å². The molecule has 1 aromatic rings. The number of nitrogens with one attached hydrogen (secondary N) is 1. The van der Waals surface area contributed by atoms with E-state index in [9.17, 15) is 9.90 Å². The van der Waals surface area contributed by atoms with Crippen LogP contribution in [0, 0.1) is 0 Å². The van der Waals surface area contributed by atoms with E-state index in [1.54, 1.807) is 11.8 Å². The van der Waals surface area contributed by atoms with Crippen LogP contribution >= 0.6 is 0 Å². The van der Waals surface area contributed by atoms with E-state index >= 15 is 0 Å². The molecule has 18 heavy (non-hydrogen) atoms. The maximum absolute atomic E-state index is 12.2. The van der Waals surface area contributed by atoms with Crippen molar-refractivity contribution in [3.8, 4) is 0 Å². The number of rotatable bonds is 3. The van der Waals surface area contributed by atoms with Gasteiger partial charge in [0.2, 0.25) is 0 Å². The van der Waals surface area contributed by atoms with E-state index in [1.807, 2.05) is 31.2 Å². The van der Waals surface area contributed by atoms with Crippen LogP contribution in [-0.4, -0.2) is 41.1 Å². The topological polar surface area (TPSA) is 52.6 Å². The number of aliphatic hydroxyl groups is 1. The molecule has 0 radical (unpaired) electrons. The highest BCUT2D eigenvalue weighted by Gasteiger charge is 2.34. The standard InChI is InChI=1S/C14H20N2O2/c1-3-15-12-6-4-11(5-7-12)13(17)16-9-8-14(2,18)10-16/h4-7,15,18H,3,8-10H2,1-2H3. The summed E-state index contributed by atoms with van der Waals surface area (Å²) in [6.45, 7) is 5.71. The van der Waals surface area contributed by atoms with Crippen molar-refractivity contribution >= 4 is 11.6 Å². The molecule has 0 spiro atoms. The van der Waals surface area contributed by atoms with Crippen LogP contribution in [0.25, 0.3) is 0 Å². The summed E-state index contributed by atoms with van der Waals surface area (Å²) in [4.78, 5) is 13.9. The summed E-state index contributed by atoms with van der Waals surface area (Å²) in [6.07, 6.45) is 0.647. The minimum absolute atomic E-state index is 0.00387. The zero-order valence-electron chi connectivity index (χ0n) is 10.9. The second kappa shape index (κ2) is 4.98. The summed E-state index contributed by atoms with van der Waals surface area (Å²) >= 11 is 0. The molecule has 4 heteroatoms. The fraction of sp³-hybridized carbons (Fsp3) is 0.500. The first-order valence-corrected chi connectivity index (χ1v) is 6.37. The van der Waals surface area contributed by atoms with Crippen LogP contribution < -0.4 is 5.32 Å². The highest BCUT2D eigenvalue weighted by atomic mass is 16.3. The van der Waals surface area contributed by atoms with Crippen molar-refractivity contribution in [1.82, 2.24) is 4.90 Å². The Balaban J connectivity index is 2.05. The maximum Gasteiger partial charge on any atom is 0.253 e. The third kappa shape index (κ3) is 2.82. The number of hydrogen-bond donors (Lipinski definition) is 2. The van der Waals surface area contributed by atoms with E-state index in [2.05, 4.69) is 5.32 Å². The number of carbonyl (C=O) groups excluding carboxylic acids is 1. The molecular weight excluding hydrogens is 228 g/mol. The quantitative estimate of drug-likeness (QED) is 0.856. The third-order valence-electron chi connectivity index (χ3n) is 3.25. The lowest BCUT2D eigenvalue weighted by atomic mass is 10.1. The van der Waals surface area contributed by atoms with E-state index in [1.165, 1.54) is 0 Å². The Morgan fingerprint density at radius 1 is 1.44 bits per heavy atom. The van der Waals surface area contributed by atoms with E-state index < -0.39 is 5.60 Å². The molecule has 1 aliphatic heterocycles. The Morgan fingerprint density at radius 3 is 2.61 bits per heavy atom. The van der Waals surface area contributed by atoms with Crippen LogP contribution in [0.5, 0.6) is 0 Å². The lowest BCUT2D eigenvalue weighted by Gasteiger charge is -2.19.